The second kappa shape index (κ2) is 6.70. The zero-order valence-corrected chi connectivity index (χ0v) is 13.3. The number of nitrogens with zero attached hydrogens (tertiary/aromatic N) is 1. The summed E-state index contributed by atoms with van der Waals surface area (Å²) in [6.45, 7) is 8.88. The third-order valence-corrected chi connectivity index (χ3v) is 3.49. The lowest BCUT2D eigenvalue weighted by Gasteiger charge is -2.32. The molecule has 0 N–H and O–H groups in total. The smallest absolute Gasteiger partial charge is 0.417 e. The first-order valence-electron chi connectivity index (χ1n) is 6.98. The van der Waals surface area contributed by atoms with Crippen molar-refractivity contribution >= 4 is 12.6 Å². The fraction of sp³-hybridized carbons (Fsp3) is 0.643. The number of pyridine rings is 1. The first kappa shape index (κ1) is 17.8. The van der Waals surface area contributed by atoms with E-state index in [1.54, 1.807) is 6.07 Å². The molecular weight excluding hydrogens is 279 g/mol. The molecule has 0 saturated carbocycles. The van der Waals surface area contributed by atoms with Gasteiger partial charge in [0.15, 0.2) is 0 Å². The third kappa shape index (κ3) is 4.14. The summed E-state index contributed by atoms with van der Waals surface area (Å²) >= 11 is 0. The highest BCUT2D eigenvalue weighted by atomic mass is 19.3. The van der Waals surface area contributed by atoms with Gasteiger partial charge in [-0.2, -0.15) is 8.78 Å². The van der Waals surface area contributed by atoms with Crippen LogP contribution in [0.1, 0.15) is 41.5 Å². The summed E-state index contributed by atoms with van der Waals surface area (Å²) in [6.07, 6.45) is 1.42. The maximum absolute atomic E-state index is 12.0. The molecule has 7 heteroatoms. The van der Waals surface area contributed by atoms with Crippen LogP contribution in [0.2, 0.25) is 0 Å². The molecule has 1 aliphatic rings. The summed E-state index contributed by atoms with van der Waals surface area (Å²) in [5.74, 6) is -0.129. The molecule has 2 heterocycles. The quantitative estimate of drug-likeness (QED) is 0.805. The molecule has 4 nitrogen and oxygen atoms in total. The molecule has 1 aromatic heterocycles. The molecule has 1 aliphatic heterocycles. The van der Waals surface area contributed by atoms with Gasteiger partial charge in [-0.25, -0.2) is 4.98 Å². The van der Waals surface area contributed by atoms with Crippen molar-refractivity contribution in [1.29, 1.82) is 0 Å². The topological polar surface area (TPSA) is 40.6 Å². The number of rotatable bonds is 3. The molecule has 2 rings (SSSR count). The van der Waals surface area contributed by atoms with Gasteiger partial charge in [-0.3, -0.25) is 0 Å². The molecule has 0 aromatic carbocycles. The Hall–Kier alpha value is -1.21. The van der Waals surface area contributed by atoms with E-state index in [0.717, 1.165) is 0 Å². The average molecular weight is 301 g/mol. The van der Waals surface area contributed by atoms with Crippen LogP contribution < -0.4 is 10.2 Å². The van der Waals surface area contributed by atoms with Gasteiger partial charge < -0.3 is 14.0 Å². The molecule has 0 bridgehead atoms. The van der Waals surface area contributed by atoms with Crippen molar-refractivity contribution in [3.63, 3.8) is 0 Å². The molecular formula is C14H22BF2NO3. The minimum absolute atomic E-state index is 0.129. The predicted molar refractivity (Wildman–Crippen MR) is 77.9 cm³/mol. The van der Waals surface area contributed by atoms with Crippen molar-refractivity contribution in [3.05, 3.63) is 18.3 Å². The zero-order chi connectivity index (χ0) is 16.3. The van der Waals surface area contributed by atoms with Crippen molar-refractivity contribution in [2.24, 2.45) is 0 Å². The zero-order valence-electron chi connectivity index (χ0n) is 13.3. The maximum atomic E-state index is 12.0. The lowest BCUT2D eigenvalue weighted by molar-refractivity contribution is -0.0528. The Labute approximate surface area is 124 Å². The molecule has 1 saturated heterocycles. The van der Waals surface area contributed by atoms with Crippen molar-refractivity contribution in [3.8, 4) is 5.88 Å². The van der Waals surface area contributed by atoms with Gasteiger partial charge in [0.2, 0.25) is 5.88 Å². The van der Waals surface area contributed by atoms with Crippen LogP contribution in [-0.4, -0.2) is 29.9 Å². The van der Waals surface area contributed by atoms with Crippen LogP contribution in [0.3, 0.4) is 0 Å². The van der Waals surface area contributed by atoms with E-state index in [4.69, 9.17) is 9.31 Å². The fourth-order valence-corrected chi connectivity index (χ4v) is 1.67. The van der Waals surface area contributed by atoms with E-state index in [1.807, 2.05) is 41.5 Å². The van der Waals surface area contributed by atoms with Gasteiger partial charge in [-0.1, -0.05) is 19.9 Å². The summed E-state index contributed by atoms with van der Waals surface area (Å²) in [6, 6.07) is 2.97. The van der Waals surface area contributed by atoms with E-state index in [2.05, 4.69) is 9.72 Å². The van der Waals surface area contributed by atoms with E-state index < -0.39 is 24.9 Å². The van der Waals surface area contributed by atoms with Gasteiger partial charge >= 0.3 is 13.7 Å². The van der Waals surface area contributed by atoms with Gasteiger partial charge in [-0.05, 0) is 27.7 Å². The molecule has 1 aromatic rings. The maximum Gasteiger partial charge on any atom is 0.496 e. The molecule has 21 heavy (non-hydrogen) atoms. The van der Waals surface area contributed by atoms with Gasteiger partial charge in [0.05, 0.1) is 11.2 Å². The van der Waals surface area contributed by atoms with Gasteiger partial charge in [0.1, 0.15) is 0 Å². The largest absolute Gasteiger partial charge is 0.496 e. The van der Waals surface area contributed by atoms with Crippen molar-refractivity contribution < 1.29 is 22.8 Å². The van der Waals surface area contributed by atoms with Crippen molar-refractivity contribution in [2.45, 2.75) is 59.4 Å². The molecule has 0 aliphatic carbocycles. The number of alkyl halides is 2. The fourth-order valence-electron chi connectivity index (χ4n) is 1.67. The third-order valence-electron chi connectivity index (χ3n) is 3.49. The number of hydrogen-bond donors (Lipinski definition) is 0. The first-order valence-corrected chi connectivity index (χ1v) is 6.98. The van der Waals surface area contributed by atoms with Gasteiger partial charge in [-0.15, -0.1) is 0 Å². The van der Waals surface area contributed by atoms with Gasteiger partial charge in [0, 0.05) is 17.7 Å². The Morgan fingerprint density at radius 1 is 1.10 bits per heavy atom. The molecule has 0 atom stereocenters. The van der Waals surface area contributed by atoms with Crippen LogP contribution in [0.15, 0.2) is 18.3 Å². The molecule has 1 fully saturated rings. The summed E-state index contributed by atoms with van der Waals surface area (Å²) in [4.78, 5) is 3.80. The highest BCUT2D eigenvalue weighted by Gasteiger charge is 2.51. The average Bonchev–Trinajstić information content (AvgIpc) is 2.61. The second-order valence-corrected chi connectivity index (χ2v) is 5.40. The lowest BCUT2D eigenvalue weighted by Crippen LogP contribution is -2.41. The van der Waals surface area contributed by atoms with Crippen LogP contribution in [-0.2, 0) is 9.31 Å². The van der Waals surface area contributed by atoms with Crippen LogP contribution >= 0.6 is 0 Å². The van der Waals surface area contributed by atoms with E-state index in [0.29, 0.717) is 5.46 Å². The standard InChI is InChI=1S/C12H16BF2NO3.C2H6/c1-11(2)12(3,4)19-13(18-11)8-5-6-9(16-7-8)17-10(14)15;1-2/h5-7,10H,1-4H3;1-2H3. The first-order chi connectivity index (χ1) is 9.71. The Kier molecular flexibility index (Phi) is 5.70. The predicted octanol–water partition coefficient (Wildman–Crippen LogP) is 3.01. The number of ether oxygens (including phenoxy) is 1. The summed E-state index contributed by atoms with van der Waals surface area (Å²) < 4.78 is 39.9. The molecule has 0 amide bonds. The van der Waals surface area contributed by atoms with E-state index in [9.17, 15) is 8.78 Å². The lowest BCUT2D eigenvalue weighted by atomic mass is 9.80. The van der Waals surface area contributed by atoms with Gasteiger partial charge in [0.25, 0.3) is 0 Å². The molecule has 0 spiro atoms. The summed E-state index contributed by atoms with van der Waals surface area (Å²) in [5, 5.41) is 0. The van der Waals surface area contributed by atoms with Crippen molar-refractivity contribution in [2.75, 3.05) is 0 Å². The van der Waals surface area contributed by atoms with Crippen LogP contribution in [0.5, 0.6) is 5.88 Å². The SMILES string of the molecule is CC.CC1(C)OB(c2ccc(OC(F)F)nc2)OC1(C)C. The second-order valence-electron chi connectivity index (χ2n) is 5.40. The molecule has 0 radical (unpaired) electrons. The van der Waals surface area contributed by atoms with Crippen LogP contribution in [0.25, 0.3) is 0 Å². The highest BCUT2D eigenvalue weighted by Crippen LogP contribution is 2.36. The summed E-state index contributed by atoms with van der Waals surface area (Å²) in [7, 11) is -0.557. The highest BCUT2D eigenvalue weighted by molar-refractivity contribution is 6.62. The Morgan fingerprint density at radius 3 is 2.00 bits per heavy atom. The van der Waals surface area contributed by atoms with E-state index >= 15 is 0 Å². The normalized spacial score (nSPS) is 19.2. The number of halogens is 2. The summed E-state index contributed by atoms with van der Waals surface area (Å²) in [5.41, 5.74) is -0.230. The van der Waals surface area contributed by atoms with E-state index in [1.165, 1.54) is 12.3 Å². The minimum Gasteiger partial charge on any atom is -0.417 e. The van der Waals surface area contributed by atoms with Crippen LogP contribution in [0, 0.1) is 0 Å². The Bertz CT molecular complexity index is 436. The Balaban J connectivity index is 0.00000106. The molecule has 0 unspecified atom stereocenters. The Morgan fingerprint density at radius 2 is 1.62 bits per heavy atom. The van der Waals surface area contributed by atoms with E-state index in [-0.39, 0.29) is 5.88 Å². The number of hydrogen-bond acceptors (Lipinski definition) is 4. The number of aromatic nitrogens is 1. The van der Waals surface area contributed by atoms with Crippen LogP contribution in [0.4, 0.5) is 8.78 Å². The molecule has 118 valence electrons. The van der Waals surface area contributed by atoms with Crippen molar-refractivity contribution in [1.82, 2.24) is 4.98 Å². The minimum atomic E-state index is -2.88. The monoisotopic (exact) mass is 301 g/mol.